The van der Waals surface area contributed by atoms with Gasteiger partial charge in [-0.15, -0.1) is 23.2 Å². The summed E-state index contributed by atoms with van der Waals surface area (Å²) in [5.74, 6) is -0.0952. The van der Waals surface area contributed by atoms with Gasteiger partial charge in [0.25, 0.3) is 0 Å². The molecule has 2 atom stereocenters. The van der Waals surface area contributed by atoms with Crippen LogP contribution in [0.5, 0.6) is 0 Å². The summed E-state index contributed by atoms with van der Waals surface area (Å²) < 4.78 is -0.937. The normalized spacial score (nSPS) is 23.1. The van der Waals surface area contributed by atoms with Crippen LogP contribution in [-0.2, 0) is 4.79 Å². The summed E-state index contributed by atoms with van der Waals surface area (Å²) in [4.78, 5) is 12.3. The maximum Gasteiger partial charge on any atom is 0.229 e. The first-order valence-electron chi connectivity index (χ1n) is 7.68. The average molecular weight is 348 g/mol. The Labute approximate surface area is 146 Å². The molecule has 1 aliphatic rings. The lowest BCUT2D eigenvalue weighted by atomic mass is 10.0. The van der Waals surface area contributed by atoms with Crippen LogP contribution >= 0.6 is 23.2 Å². The summed E-state index contributed by atoms with van der Waals surface area (Å²) in [7, 11) is 0. The van der Waals surface area contributed by atoms with Gasteiger partial charge in [0.2, 0.25) is 5.91 Å². The van der Waals surface area contributed by atoms with Gasteiger partial charge in [0.1, 0.15) is 4.33 Å². The van der Waals surface area contributed by atoms with E-state index in [1.807, 2.05) is 37.3 Å². The topological polar surface area (TPSA) is 29.1 Å². The lowest BCUT2D eigenvalue weighted by Gasteiger charge is -2.19. The molecule has 2 aromatic rings. The summed E-state index contributed by atoms with van der Waals surface area (Å²) >= 11 is 12.1. The third-order valence-electron chi connectivity index (χ3n) is 4.62. The molecule has 0 spiro atoms. The van der Waals surface area contributed by atoms with Gasteiger partial charge in [-0.1, -0.05) is 54.6 Å². The zero-order valence-electron chi connectivity index (χ0n) is 13.1. The lowest BCUT2D eigenvalue weighted by molar-refractivity contribution is -0.126. The molecule has 1 fully saturated rings. The van der Waals surface area contributed by atoms with Crippen molar-refractivity contribution in [3.05, 3.63) is 60.2 Å². The standard InChI is InChI=1S/C19H19Cl2NO/c1-13(22-17(23)18(2)12-19(18,20)21)14-8-10-16(11-9-14)15-6-4-3-5-7-15/h3-11,13H,12H2,1-2H3,(H,22,23)/t13-,18-/m1/s1. The van der Waals surface area contributed by atoms with Gasteiger partial charge in [0.05, 0.1) is 11.5 Å². The van der Waals surface area contributed by atoms with Crippen LogP contribution in [-0.4, -0.2) is 10.2 Å². The smallest absolute Gasteiger partial charge is 0.229 e. The molecular formula is C19H19Cl2NO. The minimum absolute atomic E-state index is 0.0890. The molecule has 0 aliphatic heterocycles. The van der Waals surface area contributed by atoms with Crippen molar-refractivity contribution in [1.29, 1.82) is 0 Å². The van der Waals surface area contributed by atoms with Crippen molar-refractivity contribution in [3.8, 4) is 11.1 Å². The zero-order chi connectivity index (χ0) is 16.7. The fourth-order valence-corrected chi connectivity index (χ4v) is 3.39. The van der Waals surface area contributed by atoms with Crippen LogP contribution in [0.15, 0.2) is 54.6 Å². The van der Waals surface area contributed by atoms with E-state index in [1.54, 1.807) is 6.92 Å². The summed E-state index contributed by atoms with van der Waals surface area (Å²) in [6.45, 7) is 3.76. The van der Waals surface area contributed by atoms with Gasteiger partial charge < -0.3 is 5.32 Å². The third-order valence-corrected chi connectivity index (χ3v) is 5.73. The van der Waals surface area contributed by atoms with Crippen molar-refractivity contribution in [2.45, 2.75) is 30.6 Å². The number of amides is 1. The lowest BCUT2D eigenvalue weighted by Crippen LogP contribution is -2.35. The molecule has 1 saturated carbocycles. The maximum atomic E-state index is 12.3. The fourth-order valence-electron chi connectivity index (χ4n) is 2.68. The Morgan fingerprint density at radius 2 is 1.57 bits per heavy atom. The van der Waals surface area contributed by atoms with Crippen molar-refractivity contribution in [2.75, 3.05) is 0 Å². The van der Waals surface area contributed by atoms with Gasteiger partial charge in [0.15, 0.2) is 0 Å². The average Bonchev–Trinajstić information content (AvgIpc) is 3.08. The highest BCUT2D eigenvalue weighted by Gasteiger charge is 2.67. The summed E-state index contributed by atoms with van der Waals surface area (Å²) in [6.07, 6.45) is 0.495. The van der Waals surface area contributed by atoms with Gasteiger partial charge in [-0.05, 0) is 37.0 Å². The van der Waals surface area contributed by atoms with Crippen LogP contribution < -0.4 is 5.32 Å². The Hall–Kier alpha value is -1.51. The van der Waals surface area contributed by atoms with E-state index in [2.05, 4.69) is 29.6 Å². The molecule has 0 saturated heterocycles. The van der Waals surface area contributed by atoms with Crippen molar-refractivity contribution < 1.29 is 4.79 Å². The van der Waals surface area contributed by atoms with Crippen LogP contribution in [0.1, 0.15) is 31.9 Å². The predicted octanol–water partition coefficient (Wildman–Crippen LogP) is 5.11. The molecule has 0 heterocycles. The highest BCUT2D eigenvalue weighted by atomic mass is 35.5. The van der Waals surface area contributed by atoms with Crippen molar-refractivity contribution >= 4 is 29.1 Å². The maximum absolute atomic E-state index is 12.3. The molecule has 23 heavy (non-hydrogen) atoms. The minimum atomic E-state index is -0.937. The van der Waals surface area contributed by atoms with Crippen LogP contribution in [0.25, 0.3) is 11.1 Å². The first kappa shape index (κ1) is 16.4. The number of carbonyl (C=O) groups excluding carboxylic acids is 1. The second-order valence-electron chi connectivity index (χ2n) is 6.40. The quantitative estimate of drug-likeness (QED) is 0.764. The van der Waals surface area contributed by atoms with Gasteiger partial charge in [-0.25, -0.2) is 0 Å². The predicted molar refractivity (Wildman–Crippen MR) is 95.6 cm³/mol. The van der Waals surface area contributed by atoms with E-state index >= 15 is 0 Å². The van der Waals surface area contributed by atoms with Crippen LogP contribution in [0.2, 0.25) is 0 Å². The SMILES string of the molecule is C[C@@H](NC(=O)[C@@]1(C)CC1(Cl)Cl)c1ccc(-c2ccccc2)cc1. The van der Waals surface area contributed by atoms with E-state index in [9.17, 15) is 4.79 Å². The molecule has 2 nitrogen and oxygen atoms in total. The van der Waals surface area contributed by atoms with Gasteiger partial charge in [0, 0.05) is 0 Å². The van der Waals surface area contributed by atoms with Gasteiger partial charge in [-0.3, -0.25) is 4.79 Å². The molecule has 1 amide bonds. The Morgan fingerprint density at radius 3 is 2.09 bits per heavy atom. The molecule has 120 valence electrons. The molecule has 3 rings (SSSR count). The number of halogens is 2. The largest absolute Gasteiger partial charge is 0.349 e. The van der Waals surface area contributed by atoms with E-state index in [0.29, 0.717) is 6.42 Å². The Morgan fingerprint density at radius 1 is 1.04 bits per heavy atom. The number of rotatable bonds is 4. The van der Waals surface area contributed by atoms with E-state index in [-0.39, 0.29) is 11.9 Å². The molecule has 0 unspecified atom stereocenters. The minimum Gasteiger partial charge on any atom is -0.349 e. The molecule has 0 radical (unpaired) electrons. The van der Waals surface area contributed by atoms with Crippen LogP contribution in [0.3, 0.4) is 0 Å². The second kappa shape index (κ2) is 5.85. The monoisotopic (exact) mass is 347 g/mol. The Bertz CT molecular complexity index is 712. The Kier molecular flexibility index (Phi) is 4.16. The van der Waals surface area contributed by atoms with Gasteiger partial charge in [-0.2, -0.15) is 0 Å². The zero-order valence-corrected chi connectivity index (χ0v) is 14.7. The number of hydrogen-bond donors (Lipinski definition) is 1. The number of alkyl halides is 2. The van der Waals surface area contributed by atoms with Crippen molar-refractivity contribution in [2.24, 2.45) is 5.41 Å². The van der Waals surface area contributed by atoms with E-state index in [4.69, 9.17) is 23.2 Å². The van der Waals surface area contributed by atoms with Crippen molar-refractivity contribution in [1.82, 2.24) is 5.32 Å². The number of carbonyl (C=O) groups is 1. The van der Waals surface area contributed by atoms with Crippen LogP contribution in [0, 0.1) is 5.41 Å². The summed E-state index contributed by atoms with van der Waals surface area (Å²) in [5, 5.41) is 3.01. The molecule has 2 aromatic carbocycles. The molecule has 4 heteroatoms. The first-order valence-corrected chi connectivity index (χ1v) is 8.43. The number of nitrogens with one attached hydrogen (secondary N) is 1. The van der Waals surface area contributed by atoms with Crippen LogP contribution in [0.4, 0.5) is 0 Å². The highest BCUT2D eigenvalue weighted by molar-refractivity contribution is 6.53. The first-order chi connectivity index (χ1) is 10.8. The highest BCUT2D eigenvalue weighted by Crippen LogP contribution is 2.63. The van der Waals surface area contributed by atoms with E-state index < -0.39 is 9.75 Å². The molecular weight excluding hydrogens is 329 g/mol. The molecule has 1 N–H and O–H groups in total. The van der Waals surface area contributed by atoms with E-state index in [0.717, 1.165) is 11.1 Å². The molecule has 0 aromatic heterocycles. The van der Waals surface area contributed by atoms with Gasteiger partial charge >= 0.3 is 0 Å². The van der Waals surface area contributed by atoms with Crippen molar-refractivity contribution in [3.63, 3.8) is 0 Å². The van der Waals surface area contributed by atoms with E-state index in [1.165, 1.54) is 5.56 Å². The second-order valence-corrected chi connectivity index (χ2v) is 7.88. The summed E-state index contributed by atoms with van der Waals surface area (Å²) in [5.41, 5.74) is 2.70. The number of hydrogen-bond acceptors (Lipinski definition) is 1. The molecule has 1 aliphatic carbocycles. The summed E-state index contributed by atoms with van der Waals surface area (Å²) in [6, 6.07) is 18.3. The molecule has 0 bridgehead atoms. The fraction of sp³-hybridized carbons (Fsp3) is 0.316. The third kappa shape index (κ3) is 3.11. The number of benzene rings is 2. The Balaban J connectivity index is 1.69.